The van der Waals surface area contributed by atoms with Crippen LogP contribution in [-0.4, -0.2) is 37.3 Å². The normalized spacial score (nSPS) is 13.7. The number of carboxylic acid groups (broad SMARTS) is 1. The van der Waals surface area contributed by atoms with Crippen LogP contribution in [0.1, 0.15) is 50.3 Å². The van der Waals surface area contributed by atoms with E-state index < -0.39 is 12.1 Å². The molecular weight excluding hydrogens is 222 g/mol. The summed E-state index contributed by atoms with van der Waals surface area (Å²) in [5.41, 5.74) is 0.114. The Labute approximate surface area is 100 Å². The molecule has 0 amide bonds. The molecule has 1 heterocycles. The summed E-state index contributed by atoms with van der Waals surface area (Å²) >= 11 is 0. The van der Waals surface area contributed by atoms with Gasteiger partial charge in [-0.2, -0.15) is 0 Å². The van der Waals surface area contributed by atoms with Gasteiger partial charge in [-0.25, -0.2) is 9.48 Å². The predicted molar refractivity (Wildman–Crippen MR) is 62.0 cm³/mol. The summed E-state index contributed by atoms with van der Waals surface area (Å²) in [5.74, 6) is -1.09. The second-order valence-corrected chi connectivity index (χ2v) is 5.09. The fourth-order valence-corrected chi connectivity index (χ4v) is 1.66. The summed E-state index contributed by atoms with van der Waals surface area (Å²) in [5, 5.41) is 26.2. The van der Waals surface area contributed by atoms with Gasteiger partial charge < -0.3 is 10.2 Å². The van der Waals surface area contributed by atoms with Crippen molar-refractivity contribution in [2.24, 2.45) is 0 Å². The van der Waals surface area contributed by atoms with Crippen molar-refractivity contribution in [1.82, 2.24) is 15.0 Å². The summed E-state index contributed by atoms with van der Waals surface area (Å²) in [4.78, 5) is 11.1. The fraction of sp³-hybridized carbons (Fsp3) is 0.727. The topological polar surface area (TPSA) is 88.2 Å². The van der Waals surface area contributed by atoms with Crippen LogP contribution >= 0.6 is 0 Å². The molecule has 1 unspecified atom stereocenters. The maximum Gasteiger partial charge on any atom is 0.358 e. The van der Waals surface area contributed by atoms with Gasteiger partial charge in [0.05, 0.1) is 18.3 Å². The average molecular weight is 241 g/mol. The Bertz CT molecular complexity index is 407. The van der Waals surface area contributed by atoms with E-state index in [1.54, 1.807) is 0 Å². The molecule has 0 spiro atoms. The highest BCUT2D eigenvalue weighted by atomic mass is 16.4. The van der Waals surface area contributed by atoms with Crippen LogP contribution in [0, 0.1) is 0 Å². The number of hydrogen-bond acceptors (Lipinski definition) is 4. The minimum atomic E-state index is -1.09. The monoisotopic (exact) mass is 241 g/mol. The van der Waals surface area contributed by atoms with Crippen molar-refractivity contribution in [2.75, 3.05) is 0 Å². The maximum atomic E-state index is 11.1. The van der Waals surface area contributed by atoms with Crippen LogP contribution in [0.3, 0.4) is 0 Å². The number of carbonyl (C=O) groups is 1. The summed E-state index contributed by atoms with van der Waals surface area (Å²) in [6.07, 6.45) is 0.0470. The molecule has 6 nitrogen and oxygen atoms in total. The van der Waals surface area contributed by atoms with E-state index in [1.807, 2.05) is 27.7 Å². The largest absolute Gasteiger partial charge is 0.476 e. The van der Waals surface area contributed by atoms with E-state index in [-0.39, 0.29) is 17.7 Å². The number of carboxylic acids is 1. The van der Waals surface area contributed by atoms with Crippen LogP contribution in [0.15, 0.2) is 0 Å². The molecular formula is C11H19N3O3. The zero-order chi connectivity index (χ0) is 13.2. The highest BCUT2D eigenvalue weighted by molar-refractivity contribution is 5.86. The molecule has 0 aliphatic heterocycles. The van der Waals surface area contributed by atoms with Crippen molar-refractivity contribution in [3.63, 3.8) is 0 Å². The Morgan fingerprint density at radius 2 is 2.06 bits per heavy atom. The highest BCUT2D eigenvalue weighted by Gasteiger charge is 2.29. The van der Waals surface area contributed by atoms with Crippen LogP contribution in [0.5, 0.6) is 0 Å². The van der Waals surface area contributed by atoms with E-state index in [0.29, 0.717) is 12.1 Å². The van der Waals surface area contributed by atoms with E-state index in [4.69, 9.17) is 5.11 Å². The number of nitrogens with zero attached hydrogens (tertiary/aromatic N) is 3. The van der Waals surface area contributed by atoms with Crippen molar-refractivity contribution in [1.29, 1.82) is 0 Å². The first-order valence-corrected chi connectivity index (χ1v) is 5.62. The predicted octanol–water partition coefficient (Wildman–Crippen LogP) is 1.04. The molecule has 17 heavy (non-hydrogen) atoms. The lowest BCUT2D eigenvalue weighted by Gasteiger charge is -2.21. The smallest absolute Gasteiger partial charge is 0.358 e. The van der Waals surface area contributed by atoms with E-state index in [0.717, 1.165) is 0 Å². The van der Waals surface area contributed by atoms with Gasteiger partial charge >= 0.3 is 5.97 Å². The third-order valence-electron chi connectivity index (χ3n) is 2.50. The Kier molecular flexibility index (Phi) is 3.87. The third kappa shape index (κ3) is 3.03. The van der Waals surface area contributed by atoms with Gasteiger partial charge in [-0.3, -0.25) is 0 Å². The molecule has 6 heteroatoms. The Hall–Kier alpha value is -1.43. The molecule has 0 aliphatic rings. The number of hydrogen-bond donors (Lipinski definition) is 2. The summed E-state index contributed by atoms with van der Waals surface area (Å²) < 4.78 is 1.48. The first kappa shape index (κ1) is 13.6. The molecule has 96 valence electrons. The van der Waals surface area contributed by atoms with Crippen LogP contribution in [0.25, 0.3) is 0 Å². The van der Waals surface area contributed by atoms with Gasteiger partial charge in [-0.05, 0) is 6.42 Å². The van der Waals surface area contributed by atoms with Gasteiger partial charge in [0, 0.05) is 5.41 Å². The molecule has 2 N–H and O–H groups in total. The zero-order valence-corrected chi connectivity index (χ0v) is 10.6. The van der Waals surface area contributed by atoms with E-state index in [9.17, 15) is 9.90 Å². The minimum Gasteiger partial charge on any atom is -0.476 e. The number of rotatable bonds is 4. The van der Waals surface area contributed by atoms with Crippen LogP contribution in [0.4, 0.5) is 0 Å². The van der Waals surface area contributed by atoms with Crippen molar-refractivity contribution in [3.8, 4) is 0 Å². The average Bonchev–Trinajstić information content (AvgIpc) is 2.60. The van der Waals surface area contributed by atoms with E-state index >= 15 is 0 Å². The third-order valence-corrected chi connectivity index (χ3v) is 2.50. The first-order chi connectivity index (χ1) is 7.77. The molecule has 0 bridgehead atoms. The van der Waals surface area contributed by atoms with E-state index in [1.165, 1.54) is 4.68 Å². The van der Waals surface area contributed by atoms with Gasteiger partial charge in [-0.1, -0.05) is 32.9 Å². The van der Waals surface area contributed by atoms with E-state index in [2.05, 4.69) is 10.3 Å². The second-order valence-electron chi connectivity index (χ2n) is 5.09. The van der Waals surface area contributed by atoms with Crippen LogP contribution in [-0.2, 0) is 12.0 Å². The lowest BCUT2D eigenvalue weighted by Crippen LogP contribution is -2.25. The molecule has 0 aliphatic carbocycles. The maximum absolute atomic E-state index is 11.1. The lowest BCUT2D eigenvalue weighted by atomic mass is 9.90. The summed E-state index contributed by atoms with van der Waals surface area (Å²) in [6, 6.07) is 0. The molecule has 1 aromatic rings. The minimum absolute atomic E-state index is 0.0409. The SMILES string of the molecule is CCC(O)Cn1nnc(C(=O)O)c1C(C)(C)C. The molecule has 1 aromatic heterocycles. The number of aromatic carboxylic acids is 1. The van der Waals surface area contributed by atoms with Crippen LogP contribution < -0.4 is 0 Å². The van der Waals surface area contributed by atoms with Crippen LogP contribution in [0.2, 0.25) is 0 Å². The van der Waals surface area contributed by atoms with Gasteiger partial charge in [0.15, 0.2) is 5.69 Å². The molecule has 0 aromatic carbocycles. The summed E-state index contributed by atoms with van der Waals surface area (Å²) in [6.45, 7) is 7.81. The molecule has 1 rings (SSSR count). The Morgan fingerprint density at radius 1 is 1.47 bits per heavy atom. The quantitative estimate of drug-likeness (QED) is 0.822. The number of aliphatic hydroxyl groups excluding tert-OH is 1. The molecule has 1 atom stereocenters. The molecule has 0 saturated carbocycles. The van der Waals surface area contributed by atoms with Gasteiger partial charge in [0.2, 0.25) is 0 Å². The van der Waals surface area contributed by atoms with Gasteiger partial charge in [-0.15, -0.1) is 5.10 Å². The van der Waals surface area contributed by atoms with Crippen molar-refractivity contribution in [3.05, 3.63) is 11.4 Å². The van der Waals surface area contributed by atoms with Gasteiger partial charge in [0.1, 0.15) is 0 Å². The number of aliphatic hydroxyl groups is 1. The Morgan fingerprint density at radius 3 is 2.47 bits per heavy atom. The number of aromatic nitrogens is 3. The molecule has 0 fully saturated rings. The lowest BCUT2D eigenvalue weighted by molar-refractivity contribution is 0.0687. The second kappa shape index (κ2) is 4.83. The van der Waals surface area contributed by atoms with Gasteiger partial charge in [0.25, 0.3) is 0 Å². The fourth-order valence-electron chi connectivity index (χ4n) is 1.66. The molecule has 0 saturated heterocycles. The first-order valence-electron chi connectivity index (χ1n) is 5.62. The summed E-state index contributed by atoms with van der Waals surface area (Å²) in [7, 11) is 0. The standard InChI is InChI=1S/C11H19N3O3/c1-5-7(15)6-14-9(11(2,3)4)8(10(16)17)12-13-14/h7,15H,5-6H2,1-4H3,(H,16,17). The van der Waals surface area contributed by atoms with Crippen molar-refractivity contribution >= 4 is 5.97 Å². The highest BCUT2D eigenvalue weighted by Crippen LogP contribution is 2.24. The molecule has 0 radical (unpaired) electrons. The van der Waals surface area contributed by atoms with Crippen molar-refractivity contribution < 1.29 is 15.0 Å². The Balaban J connectivity index is 3.19. The van der Waals surface area contributed by atoms with Crippen molar-refractivity contribution in [2.45, 2.75) is 52.2 Å². The zero-order valence-electron chi connectivity index (χ0n) is 10.6.